The number of thioether (sulfide) groups is 1. The zero-order valence-corrected chi connectivity index (χ0v) is 16.8. The van der Waals surface area contributed by atoms with Crippen LogP contribution in [0.5, 0.6) is 0 Å². The Hall–Kier alpha value is -2.60. The van der Waals surface area contributed by atoms with Crippen molar-refractivity contribution in [1.29, 1.82) is 0 Å². The lowest BCUT2D eigenvalue weighted by Gasteiger charge is -2.08. The van der Waals surface area contributed by atoms with Gasteiger partial charge in [0.05, 0.1) is 5.75 Å². The summed E-state index contributed by atoms with van der Waals surface area (Å²) in [5.74, 6) is 1.23. The Morgan fingerprint density at radius 3 is 2.56 bits per heavy atom. The van der Waals surface area contributed by atoms with Crippen LogP contribution >= 0.6 is 11.8 Å². The third-order valence-corrected chi connectivity index (χ3v) is 5.55. The maximum atomic E-state index is 12.8. The van der Waals surface area contributed by atoms with Gasteiger partial charge in [-0.3, -0.25) is 9.36 Å². The number of hydrogen-bond donors (Lipinski definition) is 0. The number of aromatic nitrogens is 4. The standard InChI is InChI=1S/C21H24N4OS/c1-5-12-25-20(17-10-8-7-9-11-17)22-23-21(25)27-14-19(26)18-13-15(3)24(6-2)16(18)4/h5,7-11,13H,1,6,12,14H2,2-4H3. The van der Waals surface area contributed by atoms with Gasteiger partial charge in [-0.15, -0.1) is 16.8 Å². The van der Waals surface area contributed by atoms with E-state index in [1.807, 2.05) is 60.9 Å². The van der Waals surface area contributed by atoms with Crippen molar-refractivity contribution < 1.29 is 4.79 Å². The maximum Gasteiger partial charge on any atom is 0.192 e. The van der Waals surface area contributed by atoms with Gasteiger partial charge >= 0.3 is 0 Å². The number of carbonyl (C=O) groups excluding carboxylic acids is 1. The minimum Gasteiger partial charge on any atom is -0.349 e. The Labute approximate surface area is 164 Å². The summed E-state index contributed by atoms with van der Waals surface area (Å²) in [5, 5.41) is 9.37. The van der Waals surface area contributed by atoms with Crippen LogP contribution < -0.4 is 0 Å². The van der Waals surface area contributed by atoms with Gasteiger partial charge in [-0.2, -0.15) is 0 Å². The first kappa shape index (κ1) is 19.2. The molecular weight excluding hydrogens is 356 g/mol. The second-order valence-electron chi connectivity index (χ2n) is 6.31. The SMILES string of the molecule is C=CCn1c(SCC(=O)c2cc(C)n(CC)c2C)nnc1-c1ccccc1. The van der Waals surface area contributed by atoms with E-state index >= 15 is 0 Å². The van der Waals surface area contributed by atoms with Crippen molar-refractivity contribution in [2.75, 3.05) is 5.75 Å². The highest BCUT2D eigenvalue weighted by Gasteiger charge is 2.18. The highest BCUT2D eigenvalue weighted by atomic mass is 32.2. The average Bonchev–Trinajstić information content (AvgIpc) is 3.21. The van der Waals surface area contributed by atoms with E-state index in [9.17, 15) is 4.79 Å². The summed E-state index contributed by atoms with van der Waals surface area (Å²) in [6, 6.07) is 11.9. The van der Waals surface area contributed by atoms with E-state index < -0.39 is 0 Å². The van der Waals surface area contributed by atoms with E-state index in [4.69, 9.17) is 0 Å². The lowest BCUT2D eigenvalue weighted by atomic mass is 10.2. The summed E-state index contributed by atoms with van der Waals surface area (Å²) in [4.78, 5) is 12.8. The summed E-state index contributed by atoms with van der Waals surface area (Å²) in [7, 11) is 0. The predicted molar refractivity (Wildman–Crippen MR) is 110 cm³/mol. The molecule has 0 radical (unpaired) electrons. The lowest BCUT2D eigenvalue weighted by molar-refractivity contribution is 0.102. The van der Waals surface area contributed by atoms with Gasteiger partial charge in [0.1, 0.15) is 0 Å². The van der Waals surface area contributed by atoms with Gasteiger partial charge < -0.3 is 4.57 Å². The van der Waals surface area contributed by atoms with E-state index in [-0.39, 0.29) is 5.78 Å². The molecule has 0 bridgehead atoms. The van der Waals surface area contributed by atoms with Crippen LogP contribution in [0.4, 0.5) is 0 Å². The van der Waals surface area contributed by atoms with E-state index in [0.29, 0.717) is 12.3 Å². The second-order valence-corrected chi connectivity index (χ2v) is 7.25. The molecule has 6 heteroatoms. The molecule has 0 aliphatic carbocycles. The molecule has 3 rings (SSSR count). The molecule has 5 nitrogen and oxygen atoms in total. The van der Waals surface area contributed by atoms with Crippen molar-refractivity contribution in [3.8, 4) is 11.4 Å². The minimum absolute atomic E-state index is 0.113. The van der Waals surface area contributed by atoms with Crippen LogP contribution in [0, 0.1) is 13.8 Å². The first-order valence-corrected chi connectivity index (χ1v) is 9.97. The second kappa shape index (κ2) is 8.39. The smallest absolute Gasteiger partial charge is 0.192 e. The number of ketones is 1. The predicted octanol–water partition coefficient (Wildman–Crippen LogP) is 4.54. The van der Waals surface area contributed by atoms with Crippen molar-refractivity contribution in [1.82, 2.24) is 19.3 Å². The summed E-state index contributed by atoms with van der Waals surface area (Å²) >= 11 is 1.42. The average molecular weight is 381 g/mol. The van der Waals surface area contributed by atoms with Crippen LogP contribution in [0.1, 0.15) is 28.7 Å². The molecule has 0 spiro atoms. The molecular formula is C21H24N4OS. The number of carbonyl (C=O) groups is 1. The van der Waals surface area contributed by atoms with Gasteiger partial charge in [0.25, 0.3) is 0 Å². The van der Waals surface area contributed by atoms with Crippen LogP contribution in [0.25, 0.3) is 11.4 Å². The Morgan fingerprint density at radius 1 is 1.19 bits per heavy atom. The van der Waals surface area contributed by atoms with Crippen molar-refractivity contribution in [3.63, 3.8) is 0 Å². The molecule has 27 heavy (non-hydrogen) atoms. The van der Waals surface area contributed by atoms with Crippen LogP contribution in [0.2, 0.25) is 0 Å². The van der Waals surface area contributed by atoms with Crippen molar-refractivity contribution in [2.24, 2.45) is 0 Å². The lowest BCUT2D eigenvalue weighted by Crippen LogP contribution is -2.07. The number of Topliss-reactive ketones (excluding diaryl/α,β-unsaturated/α-hetero) is 1. The number of benzene rings is 1. The first-order valence-electron chi connectivity index (χ1n) is 8.99. The molecule has 2 aromatic heterocycles. The summed E-state index contributed by atoms with van der Waals surface area (Å²) in [5.41, 5.74) is 3.93. The number of nitrogens with zero attached hydrogens (tertiary/aromatic N) is 4. The van der Waals surface area contributed by atoms with Crippen molar-refractivity contribution in [2.45, 2.75) is 39.0 Å². The van der Waals surface area contributed by atoms with Gasteiger partial charge in [0.15, 0.2) is 16.8 Å². The largest absolute Gasteiger partial charge is 0.349 e. The topological polar surface area (TPSA) is 52.7 Å². The van der Waals surface area contributed by atoms with E-state index in [1.54, 1.807) is 0 Å². The van der Waals surface area contributed by atoms with Crippen LogP contribution in [-0.2, 0) is 13.1 Å². The fraction of sp³-hybridized carbons (Fsp3) is 0.286. The number of aryl methyl sites for hydroxylation is 1. The van der Waals surface area contributed by atoms with Gasteiger partial charge in [-0.25, -0.2) is 0 Å². The molecule has 0 saturated carbocycles. The Bertz CT molecular complexity index is 956. The third kappa shape index (κ3) is 3.90. The molecule has 0 aliphatic heterocycles. The molecule has 0 amide bonds. The van der Waals surface area contributed by atoms with Crippen molar-refractivity contribution in [3.05, 3.63) is 66.0 Å². The Balaban J connectivity index is 1.81. The molecule has 0 aliphatic rings. The molecule has 140 valence electrons. The summed E-state index contributed by atoms with van der Waals surface area (Å²) in [6.45, 7) is 11.4. The van der Waals surface area contributed by atoms with Crippen LogP contribution in [0.3, 0.4) is 0 Å². The van der Waals surface area contributed by atoms with Gasteiger partial charge in [-0.05, 0) is 26.8 Å². The zero-order valence-electron chi connectivity index (χ0n) is 16.0. The molecule has 0 fully saturated rings. The highest BCUT2D eigenvalue weighted by molar-refractivity contribution is 7.99. The van der Waals surface area contributed by atoms with Gasteiger partial charge in [0.2, 0.25) is 0 Å². The number of allylic oxidation sites excluding steroid dienone is 1. The third-order valence-electron chi connectivity index (χ3n) is 4.58. The van der Waals surface area contributed by atoms with Crippen LogP contribution in [0.15, 0.2) is 54.2 Å². The zero-order chi connectivity index (χ0) is 19.4. The minimum atomic E-state index is 0.113. The normalized spacial score (nSPS) is 10.9. The maximum absolute atomic E-state index is 12.8. The van der Waals surface area contributed by atoms with Crippen LogP contribution in [-0.4, -0.2) is 30.9 Å². The molecule has 3 aromatic rings. The number of hydrogen-bond acceptors (Lipinski definition) is 4. The number of rotatable bonds is 8. The molecule has 0 atom stereocenters. The molecule has 0 saturated heterocycles. The van der Waals surface area contributed by atoms with Crippen molar-refractivity contribution >= 4 is 17.5 Å². The molecule has 0 N–H and O–H groups in total. The monoisotopic (exact) mass is 380 g/mol. The van der Waals surface area contributed by atoms with E-state index in [1.165, 1.54) is 11.8 Å². The fourth-order valence-corrected chi connectivity index (χ4v) is 4.10. The van der Waals surface area contributed by atoms with Gasteiger partial charge in [0, 0.05) is 35.6 Å². The summed E-state index contributed by atoms with van der Waals surface area (Å²) < 4.78 is 4.15. The van der Waals surface area contributed by atoms with E-state index in [2.05, 4.69) is 28.3 Å². The molecule has 2 heterocycles. The molecule has 1 aromatic carbocycles. The summed E-state index contributed by atoms with van der Waals surface area (Å²) in [6.07, 6.45) is 1.82. The molecule has 0 unspecified atom stereocenters. The quantitative estimate of drug-likeness (QED) is 0.327. The highest BCUT2D eigenvalue weighted by Crippen LogP contribution is 2.25. The Morgan fingerprint density at radius 2 is 1.93 bits per heavy atom. The van der Waals surface area contributed by atoms with Gasteiger partial charge in [-0.1, -0.05) is 48.2 Å². The van der Waals surface area contributed by atoms with E-state index in [0.717, 1.165) is 40.0 Å². The fourth-order valence-electron chi connectivity index (χ4n) is 3.27. The Kier molecular flexibility index (Phi) is 5.96. The first-order chi connectivity index (χ1) is 13.1.